The van der Waals surface area contributed by atoms with Crippen LogP contribution in [0.15, 0.2) is 0 Å². The molecule has 0 aromatic carbocycles. The molecule has 0 heterocycles. The molecule has 0 aromatic rings. The smallest absolute Gasteiger partial charge is 0.239 e. The van der Waals surface area contributed by atoms with E-state index in [0.717, 1.165) is 0 Å². The largest absolute Gasteiger partial charge is 0.355 e. The fourth-order valence-corrected chi connectivity index (χ4v) is 0.911. The number of hydrogen-bond donors (Lipinski definition) is 3. The highest BCUT2D eigenvalue weighted by atomic mass is 16.2. The number of nitrogens with one attached hydrogen (secondary N) is 2. The van der Waals surface area contributed by atoms with Gasteiger partial charge in [0.25, 0.3) is 0 Å². The van der Waals surface area contributed by atoms with Crippen LogP contribution >= 0.6 is 0 Å². The molecule has 0 saturated carbocycles. The molecule has 0 aliphatic rings. The first-order valence-corrected chi connectivity index (χ1v) is 4.83. The number of rotatable bonds is 6. The summed E-state index contributed by atoms with van der Waals surface area (Å²) in [6, 6.07) is 0. The van der Waals surface area contributed by atoms with Crippen LogP contribution in [0, 0.1) is 5.92 Å². The maximum Gasteiger partial charge on any atom is 0.239 e. The Morgan fingerprint density at radius 1 is 1.29 bits per heavy atom. The lowest BCUT2D eigenvalue weighted by Gasteiger charge is -2.08. The van der Waals surface area contributed by atoms with Crippen LogP contribution in [-0.2, 0) is 9.59 Å². The van der Waals surface area contributed by atoms with Gasteiger partial charge >= 0.3 is 0 Å². The van der Waals surface area contributed by atoms with Crippen LogP contribution in [0.4, 0.5) is 0 Å². The molecule has 82 valence electrons. The topological polar surface area (TPSA) is 84.2 Å². The minimum Gasteiger partial charge on any atom is -0.355 e. The second-order valence-corrected chi connectivity index (χ2v) is 3.28. The van der Waals surface area contributed by atoms with Crippen molar-refractivity contribution >= 4 is 11.8 Å². The first-order chi connectivity index (χ1) is 6.60. The number of carbonyl (C=O) groups is 2. The summed E-state index contributed by atoms with van der Waals surface area (Å²) in [5.74, 6) is -0.139. The average Bonchev–Trinajstić information content (AvgIpc) is 2.15. The lowest BCUT2D eigenvalue weighted by Crippen LogP contribution is -2.37. The lowest BCUT2D eigenvalue weighted by atomic mass is 10.1. The van der Waals surface area contributed by atoms with Gasteiger partial charge in [0, 0.05) is 13.0 Å². The standard InChI is InChI=1S/C9H19N3O2/c1-3-11-9(14)6-12-8(13)4-7(2)5-10/h7H,3-6,10H2,1-2H3,(H,11,14)(H,12,13). The van der Waals surface area contributed by atoms with E-state index in [1.807, 2.05) is 13.8 Å². The molecule has 0 aliphatic carbocycles. The molecule has 0 spiro atoms. The van der Waals surface area contributed by atoms with Crippen molar-refractivity contribution in [2.45, 2.75) is 20.3 Å². The summed E-state index contributed by atoms with van der Waals surface area (Å²) in [6.45, 7) is 4.83. The summed E-state index contributed by atoms with van der Waals surface area (Å²) in [4.78, 5) is 22.1. The Kier molecular flexibility index (Phi) is 6.74. The summed E-state index contributed by atoms with van der Waals surface area (Å²) < 4.78 is 0. The van der Waals surface area contributed by atoms with Gasteiger partial charge in [-0.3, -0.25) is 9.59 Å². The van der Waals surface area contributed by atoms with Gasteiger partial charge in [0.2, 0.25) is 11.8 Å². The Bertz CT molecular complexity index is 194. The van der Waals surface area contributed by atoms with Crippen LogP contribution in [0.1, 0.15) is 20.3 Å². The summed E-state index contributed by atoms with van der Waals surface area (Å²) >= 11 is 0. The van der Waals surface area contributed by atoms with Crippen LogP contribution in [0.3, 0.4) is 0 Å². The molecule has 4 N–H and O–H groups in total. The molecule has 5 nitrogen and oxygen atoms in total. The molecular weight excluding hydrogens is 182 g/mol. The van der Waals surface area contributed by atoms with Gasteiger partial charge in [-0.15, -0.1) is 0 Å². The van der Waals surface area contributed by atoms with Crippen LogP contribution in [-0.4, -0.2) is 31.4 Å². The molecule has 0 rings (SSSR count). The highest BCUT2D eigenvalue weighted by Crippen LogP contribution is 1.97. The molecular formula is C9H19N3O2. The van der Waals surface area contributed by atoms with Crippen molar-refractivity contribution in [3.8, 4) is 0 Å². The molecule has 1 atom stereocenters. The third-order valence-corrected chi connectivity index (χ3v) is 1.76. The van der Waals surface area contributed by atoms with Gasteiger partial charge in [-0.05, 0) is 19.4 Å². The van der Waals surface area contributed by atoms with Crippen LogP contribution < -0.4 is 16.4 Å². The van der Waals surface area contributed by atoms with Gasteiger partial charge in [-0.2, -0.15) is 0 Å². The Labute approximate surface area is 84.4 Å². The average molecular weight is 201 g/mol. The van der Waals surface area contributed by atoms with E-state index in [2.05, 4.69) is 10.6 Å². The predicted molar refractivity (Wildman–Crippen MR) is 54.5 cm³/mol. The molecule has 2 amide bonds. The Morgan fingerprint density at radius 2 is 1.93 bits per heavy atom. The molecule has 1 unspecified atom stereocenters. The van der Waals surface area contributed by atoms with E-state index in [0.29, 0.717) is 19.5 Å². The van der Waals surface area contributed by atoms with Crippen molar-refractivity contribution in [3.05, 3.63) is 0 Å². The molecule has 5 heteroatoms. The molecule has 14 heavy (non-hydrogen) atoms. The first-order valence-electron chi connectivity index (χ1n) is 4.83. The summed E-state index contributed by atoms with van der Waals surface area (Å²) in [6.07, 6.45) is 0.371. The summed E-state index contributed by atoms with van der Waals surface area (Å²) in [5, 5.41) is 5.12. The molecule has 0 radical (unpaired) electrons. The highest BCUT2D eigenvalue weighted by molar-refractivity contribution is 5.84. The summed E-state index contributed by atoms with van der Waals surface area (Å²) in [7, 11) is 0. The third kappa shape index (κ3) is 6.42. The number of hydrogen-bond acceptors (Lipinski definition) is 3. The monoisotopic (exact) mass is 201 g/mol. The van der Waals surface area contributed by atoms with E-state index in [1.165, 1.54) is 0 Å². The minimum absolute atomic E-state index is 0.0456. The SMILES string of the molecule is CCNC(=O)CNC(=O)CC(C)CN. The molecule has 0 bridgehead atoms. The second kappa shape index (κ2) is 7.32. The van der Waals surface area contributed by atoms with E-state index >= 15 is 0 Å². The van der Waals surface area contributed by atoms with Crippen molar-refractivity contribution in [1.82, 2.24) is 10.6 Å². The van der Waals surface area contributed by atoms with Crippen molar-refractivity contribution in [2.24, 2.45) is 11.7 Å². The lowest BCUT2D eigenvalue weighted by molar-refractivity contribution is -0.126. The predicted octanol–water partition coefficient (Wildman–Crippen LogP) is -0.776. The Balaban J connectivity index is 3.58. The van der Waals surface area contributed by atoms with Gasteiger partial charge in [-0.1, -0.05) is 6.92 Å². The van der Waals surface area contributed by atoms with E-state index in [-0.39, 0.29) is 24.3 Å². The van der Waals surface area contributed by atoms with Crippen LogP contribution in [0.2, 0.25) is 0 Å². The van der Waals surface area contributed by atoms with Gasteiger partial charge in [0.15, 0.2) is 0 Å². The normalized spacial score (nSPS) is 11.9. The zero-order chi connectivity index (χ0) is 11.0. The van der Waals surface area contributed by atoms with E-state index in [1.54, 1.807) is 0 Å². The zero-order valence-electron chi connectivity index (χ0n) is 8.80. The Morgan fingerprint density at radius 3 is 2.43 bits per heavy atom. The van der Waals surface area contributed by atoms with Crippen LogP contribution in [0.5, 0.6) is 0 Å². The fourth-order valence-electron chi connectivity index (χ4n) is 0.911. The quantitative estimate of drug-likeness (QED) is 0.527. The van der Waals surface area contributed by atoms with E-state index in [9.17, 15) is 9.59 Å². The van der Waals surface area contributed by atoms with Gasteiger partial charge in [-0.25, -0.2) is 0 Å². The third-order valence-electron chi connectivity index (χ3n) is 1.76. The van der Waals surface area contributed by atoms with Crippen molar-refractivity contribution in [3.63, 3.8) is 0 Å². The number of likely N-dealkylation sites (N-methyl/N-ethyl adjacent to an activating group) is 1. The zero-order valence-corrected chi connectivity index (χ0v) is 8.80. The van der Waals surface area contributed by atoms with Crippen molar-refractivity contribution in [1.29, 1.82) is 0 Å². The number of amides is 2. The van der Waals surface area contributed by atoms with E-state index in [4.69, 9.17) is 5.73 Å². The maximum atomic E-state index is 11.2. The van der Waals surface area contributed by atoms with Gasteiger partial charge in [0.05, 0.1) is 6.54 Å². The molecule has 0 aliphatic heterocycles. The van der Waals surface area contributed by atoms with E-state index < -0.39 is 0 Å². The highest BCUT2D eigenvalue weighted by Gasteiger charge is 2.08. The van der Waals surface area contributed by atoms with Gasteiger partial charge < -0.3 is 16.4 Å². The van der Waals surface area contributed by atoms with Crippen molar-refractivity contribution in [2.75, 3.05) is 19.6 Å². The van der Waals surface area contributed by atoms with Gasteiger partial charge in [0.1, 0.15) is 0 Å². The van der Waals surface area contributed by atoms with Crippen molar-refractivity contribution < 1.29 is 9.59 Å². The fraction of sp³-hybridized carbons (Fsp3) is 0.778. The summed E-state index contributed by atoms with van der Waals surface area (Å²) in [5.41, 5.74) is 5.36. The number of nitrogens with two attached hydrogens (primary N) is 1. The second-order valence-electron chi connectivity index (χ2n) is 3.28. The maximum absolute atomic E-state index is 11.2. The minimum atomic E-state index is -0.166. The first kappa shape index (κ1) is 12.9. The molecule has 0 saturated heterocycles. The number of carbonyl (C=O) groups excluding carboxylic acids is 2. The molecule has 0 fully saturated rings. The Hall–Kier alpha value is -1.10. The van der Waals surface area contributed by atoms with Crippen LogP contribution in [0.25, 0.3) is 0 Å². The molecule has 0 aromatic heterocycles.